The van der Waals surface area contributed by atoms with Crippen molar-refractivity contribution >= 4 is 82.4 Å². The molecule has 4 nitrogen and oxygen atoms in total. The molecule has 3 aromatic heterocycles. The van der Waals surface area contributed by atoms with E-state index >= 15 is 0 Å². The van der Waals surface area contributed by atoms with Crippen LogP contribution in [0.15, 0.2) is 266 Å². The van der Waals surface area contributed by atoms with E-state index < -0.39 is 0 Å². The Labute approximate surface area is 410 Å². The number of aromatic nitrogens is 2. The zero-order valence-electron chi connectivity index (χ0n) is 38.6. The number of pyridine rings is 1. The summed E-state index contributed by atoms with van der Waals surface area (Å²) in [6.07, 6.45) is 3.73. The molecule has 0 radical (unpaired) electrons. The third kappa shape index (κ3) is 7.12. The van der Waals surface area contributed by atoms with Gasteiger partial charge in [-0.2, -0.15) is 0 Å². The van der Waals surface area contributed by atoms with Gasteiger partial charge in [0.15, 0.2) is 0 Å². The molecule has 3 heterocycles. The number of para-hydroxylation sites is 3. The molecule has 332 valence electrons. The summed E-state index contributed by atoms with van der Waals surface area (Å²) in [5.74, 6) is 0. The first kappa shape index (κ1) is 40.5. The van der Waals surface area contributed by atoms with E-state index in [4.69, 9.17) is 4.42 Å². The van der Waals surface area contributed by atoms with Crippen molar-refractivity contribution in [3.05, 3.63) is 261 Å². The Morgan fingerprint density at radius 2 is 0.887 bits per heavy atom. The quantitative estimate of drug-likeness (QED) is 0.152. The summed E-state index contributed by atoms with van der Waals surface area (Å²) in [7, 11) is 0. The molecule has 11 aromatic carbocycles. The third-order valence-corrected chi connectivity index (χ3v) is 14.2. The van der Waals surface area contributed by atoms with E-state index in [0.717, 1.165) is 94.7 Å². The smallest absolute Gasteiger partial charge is 0.135 e. The lowest BCUT2D eigenvalue weighted by molar-refractivity contribution is 0.669. The molecule has 0 fully saturated rings. The van der Waals surface area contributed by atoms with E-state index in [-0.39, 0.29) is 0 Å². The molecule has 0 unspecified atom stereocenters. The molecule has 0 N–H and O–H groups in total. The van der Waals surface area contributed by atoms with E-state index in [1.807, 2.05) is 30.6 Å². The fourth-order valence-electron chi connectivity index (χ4n) is 10.7. The second-order valence-corrected chi connectivity index (χ2v) is 18.4. The van der Waals surface area contributed by atoms with E-state index in [2.05, 4.69) is 245 Å². The highest BCUT2D eigenvalue weighted by atomic mass is 16.3. The minimum Gasteiger partial charge on any atom is -0.456 e. The summed E-state index contributed by atoms with van der Waals surface area (Å²) in [6.45, 7) is 0. The number of hydrogen-bond donors (Lipinski definition) is 0. The van der Waals surface area contributed by atoms with E-state index in [0.29, 0.717) is 0 Å². The first-order valence-corrected chi connectivity index (χ1v) is 24.1. The van der Waals surface area contributed by atoms with Crippen molar-refractivity contribution < 1.29 is 4.42 Å². The van der Waals surface area contributed by atoms with Gasteiger partial charge in [-0.05, 0) is 175 Å². The van der Waals surface area contributed by atoms with E-state index in [1.165, 1.54) is 37.8 Å². The molecule has 0 aliphatic rings. The Hall–Kier alpha value is -9.51. The number of anilines is 3. The van der Waals surface area contributed by atoms with Gasteiger partial charge < -0.3 is 13.9 Å². The van der Waals surface area contributed by atoms with Crippen molar-refractivity contribution in [2.45, 2.75) is 0 Å². The number of rotatable bonds is 8. The molecule has 0 aliphatic carbocycles. The fraction of sp³-hybridized carbons (Fsp3) is 0. The van der Waals surface area contributed by atoms with Crippen LogP contribution in [0.3, 0.4) is 0 Å². The van der Waals surface area contributed by atoms with Gasteiger partial charge in [0.05, 0.1) is 11.0 Å². The first-order valence-electron chi connectivity index (χ1n) is 24.1. The molecule has 0 spiro atoms. The number of hydrogen-bond acceptors (Lipinski definition) is 3. The molecular weight excluding hydrogens is 863 g/mol. The molecule has 14 rings (SSSR count). The molecule has 0 aliphatic heterocycles. The predicted molar refractivity (Wildman–Crippen MR) is 297 cm³/mol. The molecule has 0 bridgehead atoms. The standard InChI is InChI=1S/C67H43N3O/c1-2-14-56(15-3-1)69(58-30-24-44-11-4-5-12-46(44)39-58)59-31-25-47-35-48(20-21-49(47)40-59)53-36-54(50-27-33-67-63(41-50)62-17-7-9-19-66(62)71-67)38-55(37-53)51-26-32-61-60-16-6-8-18-64(60)70(65(61)42-51)57-28-22-45(23-29-57)52-13-10-34-68-43-52/h1-43H. The van der Waals surface area contributed by atoms with Crippen LogP contribution in [0.25, 0.3) is 115 Å². The summed E-state index contributed by atoms with van der Waals surface area (Å²) in [4.78, 5) is 6.72. The Kier molecular flexibility index (Phi) is 9.49. The monoisotopic (exact) mass is 905 g/mol. The van der Waals surface area contributed by atoms with E-state index in [1.54, 1.807) is 0 Å². The fourth-order valence-corrected chi connectivity index (χ4v) is 10.7. The molecular formula is C67H43N3O. The van der Waals surface area contributed by atoms with Gasteiger partial charge in [0.2, 0.25) is 0 Å². The number of benzene rings is 11. The van der Waals surface area contributed by atoms with Crippen LogP contribution < -0.4 is 4.90 Å². The largest absolute Gasteiger partial charge is 0.456 e. The van der Waals surface area contributed by atoms with Crippen molar-refractivity contribution in [3.8, 4) is 50.2 Å². The Balaban J connectivity index is 0.910. The van der Waals surface area contributed by atoms with Gasteiger partial charge in [-0.3, -0.25) is 4.98 Å². The van der Waals surface area contributed by atoms with Crippen LogP contribution in [0.2, 0.25) is 0 Å². The zero-order valence-corrected chi connectivity index (χ0v) is 38.6. The Morgan fingerprint density at radius 1 is 0.310 bits per heavy atom. The second kappa shape index (κ2) is 16.6. The van der Waals surface area contributed by atoms with Crippen LogP contribution in [-0.2, 0) is 0 Å². The van der Waals surface area contributed by atoms with Gasteiger partial charge in [-0.25, -0.2) is 0 Å². The Bertz CT molecular complexity index is 4340. The van der Waals surface area contributed by atoms with Gasteiger partial charge in [-0.15, -0.1) is 0 Å². The normalized spacial score (nSPS) is 11.7. The lowest BCUT2D eigenvalue weighted by Gasteiger charge is -2.26. The molecule has 0 atom stereocenters. The van der Waals surface area contributed by atoms with Crippen LogP contribution in [0.4, 0.5) is 17.1 Å². The van der Waals surface area contributed by atoms with Gasteiger partial charge in [0, 0.05) is 56.7 Å². The lowest BCUT2D eigenvalue weighted by Crippen LogP contribution is -2.09. The molecule has 4 heteroatoms. The first-order chi connectivity index (χ1) is 35.1. The molecule has 0 saturated carbocycles. The lowest BCUT2D eigenvalue weighted by atomic mass is 9.91. The highest BCUT2D eigenvalue weighted by Crippen LogP contribution is 2.42. The minimum absolute atomic E-state index is 0.887. The van der Waals surface area contributed by atoms with Crippen molar-refractivity contribution in [1.82, 2.24) is 9.55 Å². The minimum atomic E-state index is 0.887. The summed E-state index contributed by atoms with van der Waals surface area (Å²) >= 11 is 0. The maximum absolute atomic E-state index is 6.29. The van der Waals surface area contributed by atoms with Crippen molar-refractivity contribution in [2.24, 2.45) is 0 Å². The Morgan fingerprint density at radius 3 is 1.68 bits per heavy atom. The van der Waals surface area contributed by atoms with Crippen LogP contribution in [0.5, 0.6) is 0 Å². The number of nitrogens with zero attached hydrogens (tertiary/aromatic N) is 3. The van der Waals surface area contributed by atoms with E-state index in [9.17, 15) is 0 Å². The maximum atomic E-state index is 6.29. The SMILES string of the molecule is c1ccc(N(c2ccc3ccccc3c2)c2ccc3cc(-c4cc(-c5ccc6oc7ccccc7c6c5)cc(-c5ccc6c7ccccc7n(-c7ccc(-c8cccnc8)cc7)c6c5)c4)ccc3c2)cc1. The predicted octanol–water partition coefficient (Wildman–Crippen LogP) is 18.5. The molecule has 71 heavy (non-hydrogen) atoms. The second-order valence-electron chi connectivity index (χ2n) is 18.4. The highest BCUT2D eigenvalue weighted by Gasteiger charge is 2.18. The summed E-state index contributed by atoms with van der Waals surface area (Å²) in [5, 5.41) is 9.46. The molecule has 14 aromatic rings. The van der Waals surface area contributed by atoms with Crippen molar-refractivity contribution in [2.75, 3.05) is 4.90 Å². The molecule has 0 saturated heterocycles. The van der Waals surface area contributed by atoms with Crippen LogP contribution >= 0.6 is 0 Å². The number of fused-ring (bicyclic) bond motifs is 8. The summed E-state index contributed by atoms with van der Waals surface area (Å²) in [5.41, 5.74) is 17.7. The van der Waals surface area contributed by atoms with Gasteiger partial charge in [0.1, 0.15) is 11.2 Å². The molecule has 0 amide bonds. The van der Waals surface area contributed by atoms with Crippen molar-refractivity contribution in [1.29, 1.82) is 0 Å². The third-order valence-electron chi connectivity index (χ3n) is 14.2. The summed E-state index contributed by atoms with van der Waals surface area (Å²) < 4.78 is 8.70. The average molecular weight is 906 g/mol. The highest BCUT2D eigenvalue weighted by molar-refractivity contribution is 6.11. The topological polar surface area (TPSA) is 34.2 Å². The van der Waals surface area contributed by atoms with Gasteiger partial charge in [0.25, 0.3) is 0 Å². The number of furan rings is 1. The maximum Gasteiger partial charge on any atom is 0.135 e. The van der Waals surface area contributed by atoms with Crippen LogP contribution in [0, 0.1) is 0 Å². The van der Waals surface area contributed by atoms with Gasteiger partial charge >= 0.3 is 0 Å². The summed E-state index contributed by atoms with van der Waals surface area (Å²) in [6, 6.07) is 90.2. The average Bonchev–Trinajstić information content (AvgIpc) is 3.98. The zero-order chi connectivity index (χ0) is 46.8. The van der Waals surface area contributed by atoms with Gasteiger partial charge in [-0.1, -0.05) is 140 Å². The van der Waals surface area contributed by atoms with Crippen molar-refractivity contribution in [3.63, 3.8) is 0 Å². The van der Waals surface area contributed by atoms with Crippen LogP contribution in [-0.4, -0.2) is 9.55 Å². The van der Waals surface area contributed by atoms with Crippen LogP contribution in [0.1, 0.15) is 0 Å².